The van der Waals surface area contributed by atoms with Crippen LogP contribution in [0, 0.1) is 11.3 Å². The molecule has 3 rings (SSSR count). The van der Waals surface area contributed by atoms with Crippen molar-refractivity contribution in [3.8, 4) is 5.75 Å². The van der Waals surface area contributed by atoms with Gasteiger partial charge in [-0.05, 0) is 43.2 Å². The van der Waals surface area contributed by atoms with Gasteiger partial charge < -0.3 is 10.1 Å². The number of fused-ring (bicyclic) bond motifs is 1. The summed E-state index contributed by atoms with van der Waals surface area (Å²) in [5, 5.41) is 3.66. The van der Waals surface area contributed by atoms with Crippen molar-refractivity contribution in [2.75, 3.05) is 13.7 Å². The van der Waals surface area contributed by atoms with Crippen LogP contribution >= 0.6 is 0 Å². The zero-order chi connectivity index (χ0) is 14.9. The lowest BCUT2D eigenvalue weighted by Gasteiger charge is -2.40. The molecule has 1 atom stereocenters. The molecule has 21 heavy (non-hydrogen) atoms. The standard InChI is InChI=1S/C19H29NO/c1-14(2)13-19(10-4-5-11-19)18(20-3)16-8-6-7-15-9-12-21-17(15)16/h6-8,14,18,20H,4-5,9-13H2,1-3H3. The van der Waals surface area contributed by atoms with Crippen molar-refractivity contribution in [3.05, 3.63) is 29.3 Å². The first kappa shape index (κ1) is 14.9. The first-order valence-electron chi connectivity index (χ1n) is 8.58. The molecule has 1 heterocycles. The molecule has 1 N–H and O–H groups in total. The zero-order valence-corrected chi connectivity index (χ0v) is 13.7. The third-order valence-electron chi connectivity index (χ3n) is 5.37. The molecule has 0 saturated heterocycles. The van der Waals surface area contributed by atoms with Gasteiger partial charge >= 0.3 is 0 Å². The number of para-hydroxylation sites is 1. The van der Waals surface area contributed by atoms with Gasteiger partial charge in [-0.3, -0.25) is 0 Å². The van der Waals surface area contributed by atoms with E-state index in [1.54, 1.807) is 0 Å². The molecule has 1 aromatic carbocycles. The van der Waals surface area contributed by atoms with Gasteiger partial charge in [0.2, 0.25) is 0 Å². The van der Waals surface area contributed by atoms with Gasteiger partial charge in [0, 0.05) is 18.0 Å². The van der Waals surface area contributed by atoms with E-state index < -0.39 is 0 Å². The Morgan fingerprint density at radius 3 is 2.67 bits per heavy atom. The van der Waals surface area contributed by atoms with E-state index in [1.165, 1.54) is 49.0 Å². The van der Waals surface area contributed by atoms with Crippen LogP contribution in [0.25, 0.3) is 0 Å². The monoisotopic (exact) mass is 287 g/mol. The lowest BCUT2D eigenvalue weighted by atomic mass is 9.70. The molecule has 1 aliphatic heterocycles. The van der Waals surface area contributed by atoms with Gasteiger partial charge in [-0.25, -0.2) is 0 Å². The van der Waals surface area contributed by atoms with E-state index in [2.05, 4.69) is 44.4 Å². The summed E-state index contributed by atoms with van der Waals surface area (Å²) in [6.07, 6.45) is 7.82. The summed E-state index contributed by atoms with van der Waals surface area (Å²) in [6.45, 7) is 5.57. The Hall–Kier alpha value is -1.02. The van der Waals surface area contributed by atoms with Crippen LogP contribution in [0.15, 0.2) is 18.2 Å². The van der Waals surface area contributed by atoms with Gasteiger partial charge in [0.05, 0.1) is 6.61 Å². The van der Waals surface area contributed by atoms with E-state index in [0.29, 0.717) is 11.5 Å². The van der Waals surface area contributed by atoms with Crippen molar-refractivity contribution in [1.29, 1.82) is 0 Å². The Kier molecular flexibility index (Phi) is 4.26. The fraction of sp³-hybridized carbons (Fsp3) is 0.684. The third-order valence-corrected chi connectivity index (χ3v) is 5.37. The Morgan fingerprint density at radius 2 is 2.00 bits per heavy atom. The van der Waals surface area contributed by atoms with Crippen molar-refractivity contribution < 1.29 is 4.74 Å². The molecule has 1 aliphatic carbocycles. The smallest absolute Gasteiger partial charge is 0.127 e. The highest BCUT2D eigenvalue weighted by molar-refractivity contribution is 5.46. The second-order valence-electron chi connectivity index (χ2n) is 7.32. The molecular weight excluding hydrogens is 258 g/mol. The van der Waals surface area contributed by atoms with Crippen molar-refractivity contribution in [2.24, 2.45) is 11.3 Å². The van der Waals surface area contributed by atoms with Crippen molar-refractivity contribution in [3.63, 3.8) is 0 Å². The summed E-state index contributed by atoms with van der Waals surface area (Å²) in [5.41, 5.74) is 3.20. The summed E-state index contributed by atoms with van der Waals surface area (Å²) in [4.78, 5) is 0. The van der Waals surface area contributed by atoms with Gasteiger partial charge in [0.1, 0.15) is 5.75 Å². The maximum atomic E-state index is 5.98. The van der Waals surface area contributed by atoms with Gasteiger partial charge in [-0.2, -0.15) is 0 Å². The minimum atomic E-state index is 0.407. The fourth-order valence-corrected chi connectivity index (χ4v) is 4.76. The molecule has 0 radical (unpaired) electrons. The van der Waals surface area contributed by atoms with Crippen LogP contribution < -0.4 is 10.1 Å². The summed E-state index contributed by atoms with van der Waals surface area (Å²) in [6, 6.07) is 7.15. The Bertz CT molecular complexity index is 488. The number of hydrogen-bond acceptors (Lipinski definition) is 2. The van der Waals surface area contributed by atoms with E-state index in [9.17, 15) is 0 Å². The topological polar surface area (TPSA) is 21.3 Å². The Balaban J connectivity index is 1.99. The lowest BCUT2D eigenvalue weighted by molar-refractivity contribution is 0.159. The highest BCUT2D eigenvalue weighted by Gasteiger charge is 2.43. The van der Waals surface area contributed by atoms with Gasteiger partial charge in [0.25, 0.3) is 0 Å². The zero-order valence-electron chi connectivity index (χ0n) is 13.7. The van der Waals surface area contributed by atoms with E-state index in [0.717, 1.165) is 18.9 Å². The van der Waals surface area contributed by atoms with E-state index in [1.807, 2.05) is 0 Å². The van der Waals surface area contributed by atoms with Crippen LogP contribution in [0.5, 0.6) is 5.75 Å². The molecule has 0 spiro atoms. The quantitative estimate of drug-likeness (QED) is 0.861. The molecule has 2 heteroatoms. The van der Waals surface area contributed by atoms with E-state index in [-0.39, 0.29) is 0 Å². The molecule has 1 fully saturated rings. The van der Waals surface area contributed by atoms with Crippen LogP contribution in [-0.4, -0.2) is 13.7 Å². The highest BCUT2D eigenvalue weighted by Crippen LogP contribution is 2.53. The number of hydrogen-bond donors (Lipinski definition) is 1. The maximum Gasteiger partial charge on any atom is 0.127 e. The number of nitrogens with one attached hydrogen (secondary N) is 1. The molecule has 2 nitrogen and oxygen atoms in total. The van der Waals surface area contributed by atoms with E-state index in [4.69, 9.17) is 4.74 Å². The van der Waals surface area contributed by atoms with Crippen LogP contribution in [0.2, 0.25) is 0 Å². The van der Waals surface area contributed by atoms with Gasteiger partial charge in [0.15, 0.2) is 0 Å². The molecular formula is C19H29NO. The van der Waals surface area contributed by atoms with Crippen molar-refractivity contribution in [1.82, 2.24) is 5.32 Å². The molecule has 1 unspecified atom stereocenters. The van der Waals surface area contributed by atoms with E-state index >= 15 is 0 Å². The lowest BCUT2D eigenvalue weighted by Crippen LogP contribution is -2.36. The maximum absolute atomic E-state index is 5.98. The average Bonchev–Trinajstić information content (AvgIpc) is 3.08. The van der Waals surface area contributed by atoms with Crippen LogP contribution in [0.1, 0.15) is 63.1 Å². The molecule has 0 amide bonds. The molecule has 1 saturated carbocycles. The molecule has 116 valence electrons. The summed E-state index contributed by atoms with van der Waals surface area (Å²) in [7, 11) is 2.12. The van der Waals surface area contributed by atoms with Gasteiger partial charge in [-0.1, -0.05) is 44.9 Å². The number of ether oxygens (including phenoxy) is 1. The summed E-state index contributed by atoms with van der Waals surface area (Å²) >= 11 is 0. The fourth-order valence-electron chi connectivity index (χ4n) is 4.76. The largest absolute Gasteiger partial charge is 0.493 e. The normalized spacial score (nSPS) is 21.3. The second kappa shape index (κ2) is 6.00. The number of benzene rings is 1. The predicted octanol–water partition coefficient (Wildman–Crippen LogP) is 4.49. The minimum absolute atomic E-state index is 0.407. The van der Waals surface area contributed by atoms with Crippen molar-refractivity contribution in [2.45, 2.75) is 58.4 Å². The predicted molar refractivity (Wildman–Crippen MR) is 87.8 cm³/mol. The molecule has 2 aliphatic rings. The van der Waals surface area contributed by atoms with Crippen molar-refractivity contribution >= 4 is 0 Å². The minimum Gasteiger partial charge on any atom is -0.493 e. The second-order valence-corrected chi connectivity index (χ2v) is 7.32. The van der Waals surface area contributed by atoms with Crippen LogP contribution in [0.4, 0.5) is 0 Å². The highest BCUT2D eigenvalue weighted by atomic mass is 16.5. The molecule has 1 aromatic rings. The summed E-state index contributed by atoms with van der Waals surface area (Å²) < 4.78 is 5.98. The first-order chi connectivity index (χ1) is 10.2. The third kappa shape index (κ3) is 2.70. The Morgan fingerprint density at radius 1 is 1.24 bits per heavy atom. The van der Waals surface area contributed by atoms with Crippen LogP contribution in [-0.2, 0) is 6.42 Å². The summed E-state index contributed by atoms with van der Waals surface area (Å²) in [5.74, 6) is 1.92. The first-order valence-corrected chi connectivity index (χ1v) is 8.58. The molecule has 0 aromatic heterocycles. The Labute approximate surface area is 129 Å². The SMILES string of the molecule is CNC(c1cccc2c1OCC2)C1(CC(C)C)CCCC1. The van der Waals surface area contributed by atoms with Gasteiger partial charge in [-0.15, -0.1) is 0 Å². The number of rotatable bonds is 5. The van der Waals surface area contributed by atoms with Crippen LogP contribution in [0.3, 0.4) is 0 Å². The average molecular weight is 287 g/mol. The molecule has 0 bridgehead atoms.